The van der Waals surface area contributed by atoms with E-state index in [0.29, 0.717) is 0 Å². The van der Waals surface area contributed by atoms with Crippen LogP contribution in [0.15, 0.2) is 23.4 Å². The first kappa shape index (κ1) is 15.6. The number of rotatable bonds is 3. The minimum absolute atomic E-state index is 0.448. The van der Waals surface area contributed by atoms with E-state index in [2.05, 4.69) is 10.1 Å². The molecule has 0 radical (unpaired) electrons. The van der Waals surface area contributed by atoms with Gasteiger partial charge in [-0.3, -0.25) is 0 Å². The third-order valence-electron chi connectivity index (χ3n) is 2.33. The summed E-state index contributed by atoms with van der Waals surface area (Å²) >= 11 is 0. The van der Waals surface area contributed by atoms with Crippen molar-refractivity contribution in [3.8, 4) is 18.2 Å². The van der Waals surface area contributed by atoms with E-state index in [4.69, 9.17) is 15.8 Å². The SMILES string of the molecule is COC(=O)c1c(F)ccc(NC(C#N)=C(C#N)C#N)c1F. The summed E-state index contributed by atoms with van der Waals surface area (Å²) < 4.78 is 31.7. The highest BCUT2D eigenvalue weighted by Crippen LogP contribution is 2.23. The first-order chi connectivity index (χ1) is 9.99. The molecule has 0 saturated carbocycles. The fraction of sp³-hybridized carbons (Fsp3) is 0.0769. The van der Waals surface area contributed by atoms with E-state index in [9.17, 15) is 13.6 Å². The predicted octanol–water partition coefficient (Wildman–Crippen LogP) is 1.99. The number of carbonyl (C=O) groups excluding carboxylic acids is 1. The molecule has 0 aliphatic rings. The lowest BCUT2D eigenvalue weighted by atomic mass is 10.1. The first-order valence-corrected chi connectivity index (χ1v) is 5.28. The highest BCUT2D eigenvalue weighted by molar-refractivity contribution is 5.91. The molecule has 104 valence electrons. The van der Waals surface area contributed by atoms with Crippen molar-refractivity contribution < 1.29 is 18.3 Å². The maximum absolute atomic E-state index is 14.0. The number of halogens is 2. The summed E-state index contributed by atoms with van der Waals surface area (Å²) in [6.07, 6.45) is 0. The van der Waals surface area contributed by atoms with Crippen LogP contribution in [0.3, 0.4) is 0 Å². The maximum Gasteiger partial charge on any atom is 0.343 e. The van der Waals surface area contributed by atoms with Crippen molar-refractivity contribution in [3.05, 3.63) is 40.6 Å². The molecule has 0 spiro atoms. The first-order valence-electron chi connectivity index (χ1n) is 5.28. The topological polar surface area (TPSA) is 110 Å². The van der Waals surface area contributed by atoms with Crippen LogP contribution in [0, 0.1) is 45.6 Å². The lowest BCUT2D eigenvalue weighted by Crippen LogP contribution is -2.11. The molecule has 0 unspecified atom stereocenters. The van der Waals surface area contributed by atoms with Crippen LogP contribution in [0.1, 0.15) is 10.4 Å². The number of esters is 1. The van der Waals surface area contributed by atoms with Crippen molar-refractivity contribution in [2.45, 2.75) is 0 Å². The van der Waals surface area contributed by atoms with Crippen LogP contribution < -0.4 is 5.32 Å². The van der Waals surface area contributed by atoms with Gasteiger partial charge in [0, 0.05) is 0 Å². The van der Waals surface area contributed by atoms with Crippen LogP contribution in [0.2, 0.25) is 0 Å². The zero-order valence-electron chi connectivity index (χ0n) is 10.6. The van der Waals surface area contributed by atoms with Crippen molar-refractivity contribution in [2.24, 2.45) is 0 Å². The zero-order chi connectivity index (χ0) is 16.0. The number of hydrogen-bond donors (Lipinski definition) is 1. The van der Waals surface area contributed by atoms with Crippen LogP contribution in [0.25, 0.3) is 0 Å². The second-order valence-electron chi connectivity index (χ2n) is 3.49. The van der Waals surface area contributed by atoms with Crippen LogP contribution in [0.5, 0.6) is 0 Å². The molecule has 1 aromatic carbocycles. The molecular formula is C13H6F2N4O2. The average molecular weight is 288 g/mol. The minimum Gasteiger partial charge on any atom is -0.465 e. The summed E-state index contributed by atoms with van der Waals surface area (Å²) in [6.45, 7) is 0. The Morgan fingerprint density at radius 1 is 1.19 bits per heavy atom. The van der Waals surface area contributed by atoms with E-state index in [1.54, 1.807) is 0 Å². The van der Waals surface area contributed by atoms with Gasteiger partial charge in [-0.1, -0.05) is 0 Å². The summed E-state index contributed by atoms with van der Waals surface area (Å²) in [5, 5.41) is 28.3. The molecule has 0 aromatic heterocycles. The lowest BCUT2D eigenvalue weighted by molar-refractivity contribution is 0.0590. The van der Waals surface area contributed by atoms with E-state index < -0.39 is 40.1 Å². The van der Waals surface area contributed by atoms with Crippen LogP contribution in [-0.2, 0) is 4.74 Å². The Morgan fingerprint density at radius 3 is 2.29 bits per heavy atom. The van der Waals surface area contributed by atoms with E-state index in [1.165, 1.54) is 18.2 Å². The van der Waals surface area contributed by atoms with Gasteiger partial charge in [0.2, 0.25) is 0 Å². The van der Waals surface area contributed by atoms with Crippen LogP contribution >= 0.6 is 0 Å². The molecule has 0 bridgehead atoms. The zero-order valence-corrected chi connectivity index (χ0v) is 10.6. The van der Waals surface area contributed by atoms with Gasteiger partial charge in [-0.25, -0.2) is 13.6 Å². The largest absolute Gasteiger partial charge is 0.465 e. The van der Waals surface area contributed by atoms with Crippen LogP contribution in [-0.4, -0.2) is 13.1 Å². The Labute approximate surface area is 118 Å². The van der Waals surface area contributed by atoms with Gasteiger partial charge in [-0.05, 0) is 12.1 Å². The third-order valence-corrected chi connectivity index (χ3v) is 2.33. The van der Waals surface area contributed by atoms with E-state index in [-0.39, 0.29) is 0 Å². The molecule has 6 nitrogen and oxygen atoms in total. The molecule has 1 aromatic rings. The normalized spacial score (nSPS) is 8.76. The summed E-state index contributed by atoms with van der Waals surface area (Å²) in [6, 6.07) is 6.10. The molecule has 0 fully saturated rings. The standard InChI is InChI=1S/C13H6F2N4O2/c1-21-13(20)11-8(14)2-3-9(12(11)15)19-10(6-18)7(4-16)5-17/h2-3,19H,1H3. The molecule has 0 atom stereocenters. The molecule has 21 heavy (non-hydrogen) atoms. The maximum atomic E-state index is 14.0. The second kappa shape index (κ2) is 6.65. The molecule has 1 rings (SSSR count). The molecule has 0 aliphatic carbocycles. The Bertz CT molecular complexity index is 735. The summed E-state index contributed by atoms with van der Waals surface area (Å²) in [4.78, 5) is 11.3. The molecular weight excluding hydrogens is 282 g/mol. The number of nitriles is 3. The van der Waals surface area contributed by atoms with Gasteiger partial charge in [0.25, 0.3) is 0 Å². The van der Waals surface area contributed by atoms with E-state index >= 15 is 0 Å². The predicted molar refractivity (Wildman–Crippen MR) is 65.2 cm³/mol. The number of hydrogen-bond acceptors (Lipinski definition) is 6. The highest BCUT2D eigenvalue weighted by Gasteiger charge is 2.22. The second-order valence-corrected chi connectivity index (χ2v) is 3.49. The Hall–Kier alpha value is -3.44. The number of ether oxygens (including phenoxy) is 1. The Balaban J connectivity index is 3.40. The van der Waals surface area contributed by atoms with Gasteiger partial charge in [-0.15, -0.1) is 0 Å². The quantitative estimate of drug-likeness (QED) is 0.672. The third kappa shape index (κ3) is 3.12. The summed E-state index contributed by atoms with van der Waals surface area (Å²) in [5.41, 5.74) is -2.51. The summed E-state index contributed by atoms with van der Waals surface area (Å²) in [5.74, 6) is -3.69. The fourth-order valence-corrected chi connectivity index (χ4v) is 1.36. The monoisotopic (exact) mass is 288 g/mol. The van der Waals surface area contributed by atoms with Gasteiger partial charge < -0.3 is 10.1 Å². The van der Waals surface area contributed by atoms with E-state index in [0.717, 1.165) is 19.2 Å². The van der Waals surface area contributed by atoms with Gasteiger partial charge in [0.05, 0.1) is 12.8 Å². The van der Waals surface area contributed by atoms with Crippen molar-refractivity contribution in [2.75, 3.05) is 12.4 Å². The molecule has 0 aliphatic heterocycles. The van der Waals surface area contributed by atoms with Crippen LogP contribution in [0.4, 0.5) is 14.5 Å². The number of carbonyl (C=O) groups is 1. The van der Waals surface area contributed by atoms with Gasteiger partial charge in [0.15, 0.2) is 11.4 Å². The molecule has 0 amide bonds. The van der Waals surface area contributed by atoms with Crippen molar-refractivity contribution >= 4 is 11.7 Å². The average Bonchev–Trinajstić information content (AvgIpc) is 2.49. The van der Waals surface area contributed by atoms with Gasteiger partial charge in [-0.2, -0.15) is 15.8 Å². The smallest absolute Gasteiger partial charge is 0.343 e. The summed E-state index contributed by atoms with van der Waals surface area (Å²) in [7, 11) is 0.950. The van der Waals surface area contributed by atoms with Crippen molar-refractivity contribution in [1.82, 2.24) is 0 Å². The van der Waals surface area contributed by atoms with Gasteiger partial charge >= 0.3 is 5.97 Å². The van der Waals surface area contributed by atoms with Crippen molar-refractivity contribution in [3.63, 3.8) is 0 Å². The van der Waals surface area contributed by atoms with E-state index in [1.807, 2.05) is 0 Å². The number of anilines is 1. The fourth-order valence-electron chi connectivity index (χ4n) is 1.36. The highest BCUT2D eigenvalue weighted by atomic mass is 19.1. The lowest BCUT2D eigenvalue weighted by Gasteiger charge is -2.09. The Kier molecular flexibility index (Phi) is 4.94. The minimum atomic E-state index is -1.30. The van der Waals surface area contributed by atoms with Crippen molar-refractivity contribution in [1.29, 1.82) is 15.8 Å². The number of allylic oxidation sites excluding steroid dienone is 2. The number of nitrogens with one attached hydrogen (secondary N) is 1. The number of nitrogens with zero attached hydrogens (tertiary/aromatic N) is 3. The molecule has 1 N–H and O–H groups in total. The Morgan fingerprint density at radius 2 is 1.81 bits per heavy atom. The number of benzene rings is 1. The molecule has 8 heteroatoms. The molecule has 0 heterocycles. The number of methoxy groups -OCH3 is 1. The molecule has 0 saturated heterocycles. The van der Waals surface area contributed by atoms with Gasteiger partial charge in [0.1, 0.15) is 35.3 Å².